The van der Waals surface area contributed by atoms with Crippen molar-refractivity contribution in [3.63, 3.8) is 0 Å². The lowest BCUT2D eigenvalue weighted by Crippen LogP contribution is -2.29. The smallest absolute Gasteiger partial charge is 0.336 e. The molecule has 4 rings (SSSR count). The molecule has 1 aliphatic carbocycles. The average Bonchev–Trinajstić information content (AvgIpc) is 3.08. The van der Waals surface area contributed by atoms with E-state index < -0.39 is 11.9 Å². The molecular weight excluding hydrogens is 474 g/mol. The molecule has 0 unspecified atom stereocenters. The summed E-state index contributed by atoms with van der Waals surface area (Å²) in [5, 5.41) is 3.26. The molecular formula is C25H20BrNO5. The van der Waals surface area contributed by atoms with Crippen molar-refractivity contribution in [1.82, 2.24) is 5.32 Å². The van der Waals surface area contributed by atoms with Gasteiger partial charge in [0.2, 0.25) is 0 Å². The fraction of sp³-hybridized carbons (Fsp3) is 0.200. The quantitative estimate of drug-likeness (QED) is 0.496. The second kappa shape index (κ2) is 8.56. The first-order valence-electron chi connectivity index (χ1n) is 9.81. The minimum Gasteiger partial charge on any atom is -0.493 e. The molecule has 2 aromatic rings. The minimum atomic E-state index is -0.662. The molecule has 1 atom stereocenters. The van der Waals surface area contributed by atoms with Crippen molar-refractivity contribution in [2.75, 3.05) is 20.8 Å². The Balaban J connectivity index is 1.94. The van der Waals surface area contributed by atoms with Gasteiger partial charge in [-0.25, -0.2) is 4.79 Å². The van der Waals surface area contributed by atoms with Gasteiger partial charge in [-0.1, -0.05) is 30.2 Å². The minimum absolute atomic E-state index is 0.0666. The van der Waals surface area contributed by atoms with E-state index in [0.717, 1.165) is 5.56 Å². The summed E-state index contributed by atoms with van der Waals surface area (Å²) >= 11 is 3.52. The zero-order valence-electron chi connectivity index (χ0n) is 17.7. The molecule has 1 heterocycles. The van der Waals surface area contributed by atoms with Crippen molar-refractivity contribution >= 4 is 33.4 Å². The molecule has 0 fully saturated rings. The summed E-state index contributed by atoms with van der Waals surface area (Å²) in [6, 6.07) is 10.9. The van der Waals surface area contributed by atoms with Crippen LogP contribution in [0.15, 0.2) is 57.7 Å². The molecule has 0 amide bonds. The van der Waals surface area contributed by atoms with E-state index in [0.29, 0.717) is 49.6 Å². The van der Waals surface area contributed by atoms with Crippen molar-refractivity contribution in [3.8, 4) is 23.8 Å². The molecule has 7 heteroatoms. The van der Waals surface area contributed by atoms with Gasteiger partial charge in [0.1, 0.15) is 6.61 Å². The summed E-state index contributed by atoms with van der Waals surface area (Å²) in [4.78, 5) is 26.3. The van der Waals surface area contributed by atoms with E-state index in [1.807, 2.05) is 24.3 Å². The van der Waals surface area contributed by atoms with E-state index in [4.69, 9.17) is 20.6 Å². The van der Waals surface area contributed by atoms with Crippen molar-refractivity contribution in [3.05, 3.63) is 74.4 Å². The molecule has 1 aliphatic heterocycles. The largest absolute Gasteiger partial charge is 0.493 e. The van der Waals surface area contributed by atoms with Crippen LogP contribution in [0.4, 0.5) is 0 Å². The fourth-order valence-corrected chi connectivity index (χ4v) is 4.78. The van der Waals surface area contributed by atoms with Crippen LogP contribution in [-0.4, -0.2) is 32.6 Å². The number of nitrogens with one attached hydrogen (secondary N) is 1. The van der Waals surface area contributed by atoms with Gasteiger partial charge in [-0.2, -0.15) is 0 Å². The van der Waals surface area contributed by atoms with E-state index in [2.05, 4.69) is 27.2 Å². The second-order valence-corrected chi connectivity index (χ2v) is 8.13. The number of terminal acetylenes is 1. The van der Waals surface area contributed by atoms with E-state index in [9.17, 15) is 9.59 Å². The number of halogens is 1. The third-order valence-electron chi connectivity index (χ3n) is 5.54. The summed E-state index contributed by atoms with van der Waals surface area (Å²) in [6.07, 6.45) is 5.32. The summed E-state index contributed by atoms with van der Waals surface area (Å²) in [6.45, 7) is 1.86. The number of hydrogen-bond acceptors (Lipinski definition) is 6. The molecule has 0 saturated heterocycles. The number of ketones is 1. The highest BCUT2D eigenvalue weighted by Crippen LogP contribution is 2.49. The van der Waals surface area contributed by atoms with Gasteiger partial charge in [0.15, 0.2) is 17.3 Å². The Morgan fingerprint density at radius 2 is 1.94 bits per heavy atom. The predicted molar refractivity (Wildman–Crippen MR) is 123 cm³/mol. The Kier molecular flexibility index (Phi) is 5.81. The number of carbonyl (C=O) groups excluding carboxylic acids is 2. The Hall–Kier alpha value is -3.50. The molecule has 0 aromatic heterocycles. The Morgan fingerprint density at radius 1 is 1.22 bits per heavy atom. The predicted octanol–water partition coefficient (Wildman–Crippen LogP) is 4.21. The van der Waals surface area contributed by atoms with Crippen LogP contribution in [0.3, 0.4) is 0 Å². The van der Waals surface area contributed by atoms with Crippen molar-refractivity contribution in [1.29, 1.82) is 0 Å². The molecule has 2 aromatic carbocycles. The molecule has 0 spiro atoms. The molecule has 6 nitrogen and oxygen atoms in total. The van der Waals surface area contributed by atoms with Crippen molar-refractivity contribution < 1.29 is 23.8 Å². The highest BCUT2D eigenvalue weighted by Gasteiger charge is 2.43. The average molecular weight is 494 g/mol. The van der Waals surface area contributed by atoms with Gasteiger partial charge in [-0.05, 0) is 40.5 Å². The normalized spacial score (nSPS) is 16.7. The summed E-state index contributed by atoms with van der Waals surface area (Å²) in [5.41, 5.74) is 4.24. The zero-order valence-corrected chi connectivity index (χ0v) is 19.3. The van der Waals surface area contributed by atoms with E-state index in [1.165, 1.54) is 14.2 Å². The maximum absolute atomic E-state index is 13.5. The van der Waals surface area contributed by atoms with Gasteiger partial charge in [-0.3, -0.25) is 4.79 Å². The third-order valence-corrected chi connectivity index (χ3v) is 6.13. The summed E-state index contributed by atoms with van der Waals surface area (Å²) < 4.78 is 16.8. The maximum atomic E-state index is 13.5. The van der Waals surface area contributed by atoms with Gasteiger partial charge in [0, 0.05) is 28.3 Å². The van der Waals surface area contributed by atoms with E-state index in [1.54, 1.807) is 19.1 Å². The Bertz CT molecular complexity index is 1250. The highest BCUT2D eigenvalue weighted by atomic mass is 79.9. The van der Waals surface area contributed by atoms with Gasteiger partial charge < -0.3 is 19.5 Å². The molecule has 162 valence electrons. The number of methoxy groups -OCH3 is 2. The molecule has 0 saturated carbocycles. The number of ether oxygens (including phenoxy) is 3. The molecule has 1 N–H and O–H groups in total. The Morgan fingerprint density at radius 3 is 2.59 bits per heavy atom. The van der Waals surface area contributed by atoms with Gasteiger partial charge in [-0.15, -0.1) is 6.42 Å². The van der Waals surface area contributed by atoms with Crippen LogP contribution in [0.2, 0.25) is 0 Å². The lowest BCUT2D eigenvalue weighted by atomic mass is 9.79. The maximum Gasteiger partial charge on any atom is 0.336 e. The van der Waals surface area contributed by atoms with Crippen molar-refractivity contribution in [2.45, 2.75) is 12.8 Å². The van der Waals surface area contributed by atoms with Crippen LogP contribution < -0.4 is 14.8 Å². The fourth-order valence-electron chi connectivity index (χ4n) is 4.20. The zero-order chi connectivity index (χ0) is 23.0. The lowest BCUT2D eigenvalue weighted by molar-refractivity contribution is -0.136. The number of allylic oxidation sites excluding steroid dienone is 2. The molecule has 0 radical (unpaired) electrons. The first kappa shape index (κ1) is 21.7. The van der Waals surface area contributed by atoms with Crippen LogP contribution >= 0.6 is 15.9 Å². The Labute approximate surface area is 194 Å². The van der Waals surface area contributed by atoms with Crippen LogP contribution in [0.5, 0.6) is 11.5 Å². The van der Waals surface area contributed by atoms with Crippen LogP contribution in [0.25, 0.3) is 5.70 Å². The summed E-state index contributed by atoms with van der Waals surface area (Å²) in [7, 11) is 2.84. The number of benzene rings is 2. The van der Waals surface area contributed by atoms with E-state index >= 15 is 0 Å². The van der Waals surface area contributed by atoms with Crippen LogP contribution in [0, 0.1) is 12.3 Å². The van der Waals surface area contributed by atoms with Gasteiger partial charge in [0.25, 0.3) is 0 Å². The van der Waals surface area contributed by atoms with Crippen LogP contribution in [-0.2, 0) is 9.53 Å². The number of carbonyl (C=O) groups is 2. The van der Waals surface area contributed by atoms with Crippen molar-refractivity contribution in [2.24, 2.45) is 0 Å². The monoisotopic (exact) mass is 493 g/mol. The molecule has 2 aliphatic rings. The third kappa shape index (κ3) is 3.37. The standard InChI is InChI=1S/C25H20BrNO5/c1-5-10-32-24-17(26)11-14(12-18(24)30-3)20-19(25(29)31-4)13(2)27-22-15-8-6-7-9-16(15)23(28)21(20)22/h1,6-9,11-12,20,27H,10H2,2-4H3/t20-/m0/s1. The van der Waals surface area contributed by atoms with E-state index in [-0.39, 0.29) is 12.4 Å². The number of fused-ring (bicyclic) bond motifs is 2. The number of hydrogen-bond donors (Lipinski definition) is 1. The first-order valence-corrected chi connectivity index (χ1v) is 10.6. The van der Waals surface area contributed by atoms with Gasteiger partial charge in [0.05, 0.1) is 30.0 Å². The molecule has 32 heavy (non-hydrogen) atoms. The topological polar surface area (TPSA) is 73.9 Å². The highest BCUT2D eigenvalue weighted by molar-refractivity contribution is 9.10. The summed E-state index contributed by atoms with van der Waals surface area (Å²) in [5.74, 6) is 1.98. The number of esters is 1. The number of Topliss-reactive ketones (excluding diaryl/α,β-unsaturated/α-hetero) is 1. The molecule has 0 bridgehead atoms. The number of dihydropyridines is 1. The number of rotatable bonds is 5. The SMILES string of the molecule is C#CCOc1c(Br)cc([C@H]2C(C(=O)OC)=C(C)NC3=C2C(=O)c2ccccc23)cc1OC. The van der Waals surface area contributed by atoms with Crippen LogP contribution in [0.1, 0.15) is 34.3 Å². The lowest BCUT2D eigenvalue weighted by Gasteiger charge is -2.29. The first-order chi connectivity index (χ1) is 15.4. The van der Waals surface area contributed by atoms with Gasteiger partial charge >= 0.3 is 5.97 Å². The second-order valence-electron chi connectivity index (χ2n) is 7.28.